The van der Waals surface area contributed by atoms with Gasteiger partial charge in [0, 0.05) is 0 Å². The van der Waals surface area contributed by atoms with Crippen LogP contribution in [0.3, 0.4) is 0 Å². The third kappa shape index (κ3) is 1.85. The van der Waals surface area contributed by atoms with Crippen LogP contribution >= 0.6 is 0 Å². The Morgan fingerprint density at radius 3 is 2.50 bits per heavy atom. The van der Waals surface area contributed by atoms with Gasteiger partial charge in [-0.05, 0) is 73.5 Å². The zero-order valence-electron chi connectivity index (χ0n) is 13.8. The lowest BCUT2D eigenvalue weighted by atomic mass is 9.47. The number of rotatable bonds is 0. The Labute approximate surface area is 133 Å². The summed E-state index contributed by atoms with van der Waals surface area (Å²) in [7, 11) is 0. The molecule has 0 heterocycles. The molecule has 0 aromatic carbocycles. The summed E-state index contributed by atoms with van der Waals surface area (Å²) in [5.74, 6) is 1.25. The molecule has 1 unspecified atom stereocenters. The molecule has 3 fully saturated rings. The van der Waals surface area contributed by atoms with E-state index in [1.165, 1.54) is 5.57 Å². The third-order valence-electron chi connectivity index (χ3n) is 8.05. The standard InChI is InChI=1S/C19H30O3/c1-18-7-5-12(20)9-11(18)10-15(21)17-13-3-4-16(22)19(13,2)8-6-14(17)18/h10,12-17,20-22H,3-9H2,1-2H3/t12?,13-,14-,15-,16+,17-,18-,19-/m0/s1. The first-order valence-corrected chi connectivity index (χ1v) is 9.11. The van der Waals surface area contributed by atoms with E-state index < -0.39 is 6.10 Å². The van der Waals surface area contributed by atoms with Crippen molar-refractivity contribution in [3.63, 3.8) is 0 Å². The first kappa shape index (κ1) is 15.2. The summed E-state index contributed by atoms with van der Waals surface area (Å²) >= 11 is 0. The highest BCUT2D eigenvalue weighted by molar-refractivity contribution is 5.27. The molecule has 4 aliphatic rings. The van der Waals surface area contributed by atoms with Gasteiger partial charge in [-0.25, -0.2) is 0 Å². The number of aliphatic hydroxyl groups excluding tert-OH is 3. The van der Waals surface area contributed by atoms with Crippen LogP contribution in [0.25, 0.3) is 0 Å². The number of hydrogen-bond donors (Lipinski definition) is 3. The molecule has 3 N–H and O–H groups in total. The van der Waals surface area contributed by atoms with Gasteiger partial charge in [-0.2, -0.15) is 0 Å². The molecule has 4 rings (SSSR count). The topological polar surface area (TPSA) is 60.7 Å². The first-order chi connectivity index (χ1) is 10.4. The van der Waals surface area contributed by atoms with Crippen LogP contribution in [0.15, 0.2) is 11.6 Å². The second-order valence-corrected chi connectivity index (χ2v) is 8.92. The maximum absolute atomic E-state index is 10.9. The lowest BCUT2D eigenvalue weighted by Gasteiger charge is -2.58. The Balaban J connectivity index is 1.73. The van der Waals surface area contributed by atoms with E-state index in [2.05, 4.69) is 19.9 Å². The van der Waals surface area contributed by atoms with Gasteiger partial charge in [0.15, 0.2) is 0 Å². The minimum atomic E-state index is -0.395. The average Bonchev–Trinajstić information content (AvgIpc) is 2.77. The predicted octanol–water partition coefficient (Wildman–Crippen LogP) is 2.64. The molecular formula is C19H30O3. The first-order valence-electron chi connectivity index (χ1n) is 9.11. The fourth-order valence-corrected chi connectivity index (χ4v) is 6.60. The molecule has 0 radical (unpaired) electrons. The van der Waals surface area contributed by atoms with E-state index in [0.29, 0.717) is 17.8 Å². The highest BCUT2D eigenvalue weighted by atomic mass is 16.3. The molecule has 3 heteroatoms. The van der Waals surface area contributed by atoms with Crippen LogP contribution in [0, 0.1) is 28.6 Å². The van der Waals surface area contributed by atoms with E-state index in [1.54, 1.807) is 0 Å². The fourth-order valence-electron chi connectivity index (χ4n) is 6.60. The Kier molecular flexibility index (Phi) is 3.32. The zero-order valence-corrected chi connectivity index (χ0v) is 13.8. The molecule has 0 aromatic heterocycles. The molecule has 22 heavy (non-hydrogen) atoms. The van der Waals surface area contributed by atoms with Crippen molar-refractivity contribution < 1.29 is 15.3 Å². The molecular weight excluding hydrogens is 276 g/mol. The lowest BCUT2D eigenvalue weighted by molar-refractivity contribution is -0.105. The average molecular weight is 306 g/mol. The van der Waals surface area contributed by atoms with Crippen LogP contribution in [0.4, 0.5) is 0 Å². The minimum absolute atomic E-state index is 0.00195. The molecule has 4 aliphatic carbocycles. The molecule has 124 valence electrons. The number of aliphatic hydroxyl groups is 3. The predicted molar refractivity (Wildman–Crippen MR) is 85.1 cm³/mol. The SMILES string of the molecule is C[C@]12CC[C@H]3[C@@H]([C@@H](O)C=C4CC(O)CC[C@@]43C)[C@@H]1CC[C@H]2O. The molecule has 8 atom stereocenters. The normalized spacial score (nSPS) is 57.6. The Hall–Kier alpha value is -0.380. The fraction of sp³-hybridized carbons (Fsp3) is 0.895. The van der Waals surface area contributed by atoms with Crippen molar-refractivity contribution in [3.8, 4) is 0 Å². The molecule has 0 aliphatic heterocycles. The summed E-state index contributed by atoms with van der Waals surface area (Å²) in [5, 5.41) is 31.3. The van der Waals surface area contributed by atoms with Crippen molar-refractivity contribution in [2.24, 2.45) is 28.6 Å². The van der Waals surface area contributed by atoms with E-state index in [1.807, 2.05) is 0 Å². The summed E-state index contributed by atoms with van der Waals surface area (Å²) in [6.07, 6.45) is 8.05. The summed E-state index contributed by atoms with van der Waals surface area (Å²) in [4.78, 5) is 0. The minimum Gasteiger partial charge on any atom is -0.393 e. The molecule has 0 saturated heterocycles. The second kappa shape index (κ2) is 4.81. The highest BCUT2D eigenvalue weighted by Crippen LogP contribution is 2.64. The third-order valence-corrected chi connectivity index (χ3v) is 8.05. The number of fused-ring (bicyclic) bond motifs is 5. The van der Waals surface area contributed by atoms with Gasteiger partial charge in [0.25, 0.3) is 0 Å². The van der Waals surface area contributed by atoms with Gasteiger partial charge in [0.1, 0.15) is 0 Å². The van der Waals surface area contributed by atoms with Crippen molar-refractivity contribution in [2.75, 3.05) is 0 Å². The summed E-state index contributed by atoms with van der Waals surface area (Å²) in [6, 6.07) is 0. The molecule has 3 nitrogen and oxygen atoms in total. The molecule has 0 bridgehead atoms. The van der Waals surface area contributed by atoms with Crippen LogP contribution in [-0.4, -0.2) is 33.6 Å². The van der Waals surface area contributed by atoms with E-state index in [9.17, 15) is 15.3 Å². The second-order valence-electron chi connectivity index (χ2n) is 8.92. The lowest BCUT2D eigenvalue weighted by Crippen LogP contribution is -2.55. The van der Waals surface area contributed by atoms with E-state index in [-0.39, 0.29) is 23.0 Å². The van der Waals surface area contributed by atoms with Crippen molar-refractivity contribution >= 4 is 0 Å². The highest BCUT2D eigenvalue weighted by Gasteiger charge is 2.60. The maximum atomic E-state index is 10.9. The summed E-state index contributed by atoms with van der Waals surface area (Å²) < 4.78 is 0. The smallest absolute Gasteiger partial charge is 0.0757 e. The monoisotopic (exact) mass is 306 g/mol. The van der Waals surface area contributed by atoms with Gasteiger partial charge in [0.2, 0.25) is 0 Å². The molecule has 0 amide bonds. The van der Waals surface area contributed by atoms with Crippen molar-refractivity contribution in [2.45, 2.75) is 77.1 Å². The van der Waals surface area contributed by atoms with Crippen molar-refractivity contribution in [1.82, 2.24) is 0 Å². The van der Waals surface area contributed by atoms with E-state index >= 15 is 0 Å². The Bertz CT molecular complexity index is 501. The van der Waals surface area contributed by atoms with Crippen molar-refractivity contribution in [1.29, 1.82) is 0 Å². The largest absolute Gasteiger partial charge is 0.393 e. The van der Waals surface area contributed by atoms with E-state index in [0.717, 1.165) is 44.9 Å². The van der Waals surface area contributed by atoms with Gasteiger partial charge in [-0.3, -0.25) is 0 Å². The summed E-state index contributed by atoms with van der Waals surface area (Å²) in [5.41, 5.74) is 1.44. The van der Waals surface area contributed by atoms with Crippen LogP contribution in [0.5, 0.6) is 0 Å². The van der Waals surface area contributed by atoms with Gasteiger partial charge >= 0.3 is 0 Å². The van der Waals surface area contributed by atoms with E-state index in [4.69, 9.17) is 0 Å². The van der Waals surface area contributed by atoms with Crippen LogP contribution in [0.2, 0.25) is 0 Å². The quantitative estimate of drug-likeness (QED) is 0.603. The van der Waals surface area contributed by atoms with Gasteiger partial charge in [0.05, 0.1) is 18.3 Å². The van der Waals surface area contributed by atoms with Crippen LogP contribution in [-0.2, 0) is 0 Å². The zero-order chi connectivity index (χ0) is 15.7. The van der Waals surface area contributed by atoms with Crippen LogP contribution < -0.4 is 0 Å². The molecule has 0 aromatic rings. The van der Waals surface area contributed by atoms with Crippen molar-refractivity contribution in [3.05, 3.63) is 11.6 Å². The molecule has 3 saturated carbocycles. The summed E-state index contributed by atoms with van der Waals surface area (Å²) in [6.45, 7) is 4.60. The maximum Gasteiger partial charge on any atom is 0.0757 e. The Morgan fingerprint density at radius 1 is 0.955 bits per heavy atom. The number of hydrogen-bond acceptors (Lipinski definition) is 3. The Morgan fingerprint density at radius 2 is 1.73 bits per heavy atom. The van der Waals surface area contributed by atoms with Crippen LogP contribution in [0.1, 0.15) is 58.8 Å². The van der Waals surface area contributed by atoms with Gasteiger partial charge in [-0.15, -0.1) is 0 Å². The van der Waals surface area contributed by atoms with Gasteiger partial charge in [-0.1, -0.05) is 25.5 Å². The van der Waals surface area contributed by atoms with Gasteiger partial charge < -0.3 is 15.3 Å². The molecule has 0 spiro atoms.